The second-order valence-corrected chi connectivity index (χ2v) is 5.60. The van der Waals surface area contributed by atoms with Crippen LogP contribution in [0.5, 0.6) is 0 Å². The molecule has 0 radical (unpaired) electrons. The molecule has 0 aliphatic rings. The minimum atomic E-state index is 0.0655. The molecule has 1 unspecified atom stereocenters. The van der Waals surface area contributed by atoms with Crippen LogP contribution in [0.15, 0.2) is 16.8 Å². The van der Waals surface area contributed by atoms with Gasteiger partial charge in [0, 0.05) is 11.6 Å². The van der Waals surface area contributed by atoms with Crippen molar-refractivity contribution < 1.29 is 0 Å². The average Bonchev–Trinajstić information content (AvgIpc) is 2.66. The fraction of sp³-hybridized carbons (Fsp3) is 0.667. The third-order valence-corrected chi connectivity index (χ3v) is 4.12. The minimum Gasteiger partial charge on any atom is -0.326 e. The standard InChI is InChI=1S/C12H22N2S/c1-12(2,14(3)4)11(13)6-5-10-7-8-15-9-10/h7-9,11H,5-6,13H2,1-4H3. The lowest BCUT2D eigenvalue weighted by Crippen LogP contribution is -2.53. The molecule has 3 heteroatoms. The molecule has 0 aromatic carbocycles. The summed E-state index contributed by atoms with van der Waals surface area (Å²) in [5, 5.41) is 4.33. The third-order valence-electron chi connectivity index (χ3n) is 3.38. The van der Waals surface area contributed by atoms with Gasteiger partial charge in [-0.3, -0.25) is 0 Å². The van der Waals surface area contributed by atoms with Crippen molar-refractivity contribution in [3.8, 4) is 0 Å². The maximum absolute atomic E-state index is 6.23. The average molecular weight is 226 g/mol. The smallest absolute Gasteiger partial charge is 0.0298 e. The van der Waals surface area contributed by atoms with Gasteiger partial charge < -0.3 is 10.6 Å². The van der Waals surface area contributed by atoms with E-state index in [9.17, 15) is 0 Å². The highest BCUT2D eigenvalue weighted by atomic mass is 32.1. The molecule has 0 aliphatic carbocycles. The van der Waals surface area contributed by atoms with E-state index in [-0.39, 0.29) is 11.6 Å². The lowest BCUT2D eigenvalue weighted by molar-refractivity contribution is 0.153. The zero-order valence-electron chi connectivity index (χ0n) is 10.2. The van der Waals surface area contributed by atoms with Gasteiger partial charge in [0.2, 0.25) is 0 Å². The lowest BCUT2D eigenvalue weighted by Gasteiger charge is -2.38. The van der Waals surface area contributed by atoms with Gasteiger partial charge in [-0.15, -0.1) is 0 Å². The number of likely N-dealkylation sites (N-methyl/N-ethyl adjacent to an activating group) is 1. The fourth-order valence-corrected chi connectivity index (χ4v) is 2.15. The number of rotatable bonds is 5. The fourth-order valence-electron chi connectivity index (χ4n) is 1.44. The van der Waals surface area contributed by atoms with Gasteiger partial charge in [-0.1, -0.05) is 0 Å². The molecule has 0 bridgehead atoms. The molecular weight excluding hydrogens is 204 g/mol. The molecule has 15 heavy (non-hydrogen) atoms. The molecule has 1 aromatic heterocycles. The summed E-state index contributed by atoms with van der Waals surface area (Å²) >= 11 is 1.75. The largest absolute Gasteiger partial charge is 0.326 e. The summed E-state index contributed by atoms with van der Waals surface area (Å²) in [6, 6.07) is 2.40. The molecule has 0 spiro atoms. The number of thiophene rings is 1. The van der Waals surface area contributed by atoms with Gasteiger partial charge in [-0.05, 0) is 63.2 Å². The Morgan fingerprint density at radius 3 is 2.60 bits per heavy atom. The van der Waals surface area contributed by atoms with Crippen molar-refractivity contribution in [2.75, 3.05) is 14.1 Å². The van der Waals surface area contributed by atoms with E-state index < -0.39 is 0 Å². The van der Waals surface area contributed by atoms with E-state index in [0.717, 1.165) is 12.8 Å². The van der Waals surface area contributed by atoms with Crippen LogP contribution in [0, 0.1) is 0 Å². The summed E-state index contributed by atoms with van der Waals surface area (Å²) in [6.07, 6.45) is 2.13. The summed E-state index contributed by atoms with van der Waals surface area (Å²) in [5.74, 6) is 0. The van der Waals surface area contributed by atoms with Gasteiger partial charge in [-0.25, -0.2) is 0 Å². The summed E-state index contributed by atoms with van der Waals surface area (Å²) in [6.45, 7) is 4.40. The highest BCUT2D eigenvalue weighted by Gasteiger charge is 2.28. The lowest BCUT2D eigenvalue weighted by atomic mass is 9.89. The van der Waals surface area contributed by atoms with Crippen LogP contribution in [0.1, 0.15) is 25.8 Å². The first kappa shape index (κ1) is 12.7. The van der Waals surface area contributed by atoms with Gasteiger partial charge >= 0.3 is 0 Å². The van der Waals surface area contributed by atoms with Gasteiger partial charge in [0.05, 0.1) is 0 Å². The molecule has 0 amide bonds. The predicted molar refractivity (Wildman–Crippen MR) is 68.4 cm³/mol. The summed E-state index contributed by atoms with van der Waals surface area (Å²) in [4.78, 5) is 2.20. The topological polar surface area (TPSA) is 29.3 Å². The van der Waals surface area contributed by atoms with E-state index >= 15 is 0 Å². The summed E-state index contributed by atoms with van der Waals surface area (Å²) in [5.41, 5.74) is 7.70. The van der Waals surface area contributed by atoms with Crippen LogP contribution in [0.2, 0.25) is 0 Å². The Hall–Kier alpha value is -0.380. The molecule has 2 N–H and O–H groups in total. The molecule has 0 aliphatic heterocycles. The maximum Gasteiger partial charge on any atom is 0.0298 e. The van der Waals surface area contributed by atoms with E-state index in [4.69, 9.17) is 5.73 Å². The second-order valence-electron chi connectivity index (χ2n) is 4.82. The van der Waals surface area contributed by atoms with E-state index in [1.165, 1.54) is 5.56 Å². The first-order valence-electron chi connectivity index (χ1n) is 5.38. The SMILES string of the molecule is CN(C)C(C)(C)C(N)CCc1ccsc1. The van der Waals surface area contributed by atoms with Gasteiger partial charge in [-0.2, -0.15) is 11.3 Å². The van der Waals surface area contributed by atoms with E-state index in [0.29, 0.717) is 0 Å². The Kier molecular flexibility index (Phi) is 4.32. The van der Waals surface area contributed by atoms with Crippen molar-refractivity contribution in [1.29, 1.82) is 0 Å². The first-order valence-corrected chi connectivity index (χ1v) is 6.33. The van der Waals surface area contributed by atoms with Crippen LogP contribution < -0.4 is 5.73 Å². The normalized spacial score (nSPS) is 14.5. The minimum absolute atomic E-state index is 0.0655. The number of aryl methyl sites for hydroxylation is 1. The molecule has 0 saturated carbocycles. The highest BCUT2D eigenvalue weighted by molar-refractivity contribution is 7.07. The van der Waals surface area contributed by atoms with Gasteiger partial charge in [0.1, 0.15) is 0 Å². The van der Waals surface area contributed by atoms with Crippen molar-refractivity contribution in [2.24, 2.45) is 5.73 Å². The van der Waals surface area contributed by atoms with Crippen molar-refractivity contribution in [3.05, 3.63) is 22.4 Å². The van der Waals surface area contributed by atoms with Crippen molar-refractivity contribution >= 4 is 11.3 Å². The van der Waals surface area contributed by atoms with Crippen molar-refractivity contribution in [3.63, 3.8) is 0 Å². The second kappa shape index (κ2) is 5.10. The Labute approximate surface area is 97.1 Å². The van der Waals surface area contributed by atoms with Crippen LogP contribution in [-0.4, -0.2) is 30.6 Å². The number of nitrogens with two attached hydrogens (primary N) is 1. The zero-order chi connectivity index (χ0) is 11.5. The predicted octanol–water partition coefficient (Wildman–Crippen LogP) is 2.35. The Morgan fingerprint density at radius 2 is 2.13 bits per heavy atom. The molecule has 1 aromatic rings. The summed E-state index contributed by atoms with van der Waals surface area (Å²) in [7, 11) is 4.18. The molecule has 0 fully saturated rings. The molecule has 1 heterocycles. The maximum atomic E-state index is 6.23. The van der Waals surface area contributed by atoms with E-state index in [1.54, 1.807) is 11.3 Å². The Morgan fingerprint density at radius 1 is 1.47 bits per heavy atom. The zero-order valence-corrected chi connectivity index (χ0v) is 11.0. The van der Waals surface area contributed by atoms with Crippen LogP contribution in [0.25, 0.3) is 0 Å². The quantitative estimate of drug-likeness (QED) is 0.835. The van der Waals surface area contributed by atoms with Crippen molar-refractivity contribution in [1.82, 2.24) is 4.90 Å². The molecule has 1 rings (SSSR count). The van der Waals surface area contributed by atoms with Crippen molar-refractivity contribution in [2.45, 2.75) is 38.3 Å². The van der Waals surface area contributed by atoms with Crippen LogP contribution in [0.4, 0.5) is 0 Å². The molecule has 1 atom stereocenters. The van der Waals surface area contributed by atoms with Gasteiger partial charge in [0.15, 0.2) is 0 Å². The molecule has 2 nitrogen and oxygen atoms in total. The molecule has 0 saturated heterocycles. The molecule has 86 valence electrons. The third kappa shape index (κ3) is 3.30. The monoisotopic (exact) mass is 226 g/mol. The summed E-state index contributed by atoms with van der Waals surface area (Å²) < 4.78 is 0. The van der Waals surface area contributed by atoms with Crippen LogP contribution in [-0.2, 0) is 6.42 Å². The number of nitrogens with zero attached hydrogens (tertiary/aromatic N) is 1. The van der Waals surface area contributed by atoms with Crippen LogP contribution >= 0.6 is 11.3 Å². The first-order chi connectivity index (χ1) is 6.94. The molecular formula is C12H22N2S. The van der Waals surface area contributed by atoms with E-state index in [1.807, 2.05) is 0 Å². The Balaban J connectivity index is 2.45. The number of hydrogen-bond acceptors (Lipinski definition) is 3. The number of hydrogen-bond donors (Lipinski definition) is 1. The van der Waals surface area contributed by atoms with E-state index in [2.05, 4.69) is 49.7 Å². The van der Waals surface area contributed by atoms with Crippen LogP contribution in [0.3, 0.4) is 0 Å². The Bertz CT molecular complexity index is 278. The highest BCUT2D eigenvalue weighted by Crippen LogP contribution is 2.19. The van der Waals surface area contributed by atoms with Gasteiger partial charge in [0.25, 0.3) is 0 Å².